The molecular formula is C20H15Cl2NO3. The molecule has 0 aromatic heterocycles. The summed E-state index contributed by atoms with van der Waals surface area (Å²) in [5.41, 5.74) is 1.91. The molecule has 0 amide bonds. The molecule has 0 aliphatic rings. The molecule has 0 bridgehead atoms. The van der Waals surface area contributed by atoms with Crippen molar-refractivity contribution in [3.05, 3.63) is 87.9 Å². The van der Waals surface area contributed by atoms with Crippen molar-refractivity contribution in [2.75, 3.05) is 5.32 Å². The average molecular weight is 388 g/mol. The first kappa shape index (κ1) is 18.1. The summed E-state index contributed by atoms with van der Waals surface area (Å²) in [6.07, 6.45) is 0. The van der Waals surface area contributed by atoms with Crippen molar-refractivity contribution in [1.29, 1.82) is 0 Å². The highest BCUT2D eigenvalue weighted by Crippen LogP contribution is 2.40. The molecule has 0 atom stereocenters. The van der Waals surface area contributed by atoms with Gasteiger partial charge in [0.1, 0.15) is 17.4 Å². The van der Waals surface area contributed by atoms with Gasteiger partial charge < -0.3 is 15.2 Å². The number of hydrogen-bond acceptors (Lipinski definition) is 3. The maximum absolute atomic E-state index is 11.4. The minimum Gasteiger partial charge on any atom is -0.487 e. The largest absolute Gasteiger partial charge is 0.487 e. The number of carboxylic acids is 1. The second kappa shape index (κ2) is 8.13. The smallest absolute Gasteiger partial charge is 0.337 e. The van der Waals surface area contributed by atoms with E-state index in [0.717, 1.165) is 5.56 Å². The van der Waals surface area contributed by atoms with Crippen LogP contribution in [-0.4, -0.2) is 11.1 Å². The lowest BCUT2D eigenvalue weighted by Gasteiger charge is -2.16. The Kier molecular flexibility index (Phi) is 5.66. The van der Waals surface area contributed by atoms with Gasteiger partial charge >= 0.3 is 5.97 Å². The topological polar surface area (TPSA) is 58.6 Å². The minimum atomic E-state index is -1.04. The molecule has 26 heavy (non-hydrogen) atoms. The summed E-state index contributed by atoms with van der Waals surface area (Å²) >= 11 is 12.7. The first-order valence-electron chi connectivity index (χ1n) is 7.80. The normalized spacial score (nSPS) is 10.4. The highest BCUT2D eigenvalue weighted by atomic mass is 35.5. The number of aromatic carboxylic acids is 1. The fourth-order valence-electron chi connectivity index (χ4n) is 2.41. The van der Waals surface area contributed by atoms with Gasteiger partial charge in [-0.3, -0.25) is 0 Å². The number of anilines is 2. The van der Waals surface area contributed by atoms with Crippen LogP contribution in [-0.2, 0) is 6.61 Å². The molecule has 0 fully saturated rings. The van der Waals surface area contributed by atoms with Gasteiger partial charge in [-0.2, -0.15) is 0 Å². The number of para-hydroxylation sites is 1. The Bertz CT molecular complexity index is 930. The molecule has 3 rings (SSSR count). The van der Waals surface area contributed by atoms with Gasteiger partial charge in [0.05, 0.1) is 22.0 Å². The van der Waals surface area contributed by atoms with Gasteiger partial charge in [0.25, 0.3) is 0 Å². The van der Waals surface area contributed by atoms with Crippen molar-refractivity contribution in [1.82, 2.24) is 0 Å². The number of hydrogen-bond donors (Lipinski definition) is 2. The SMILES string of the molecule is O=C(O)c1ccccc1Nc1c(Cl)ccc(OCc2ccccc2)c1Cl. The third kappa shape index (κ3) is 4.10. The van der Waals surface area contributed by atoms with Crippen LogP contribution >= 0.6 is 23.2 Å². The van der Waals surface area contributed by atoms with E-state index in [1.165, 1.54) is 6.07 Å². The summed E-state index contributed by atoms with van der Waals surface area (Å²) in [6.45, 7) is 0.355. The van der Waals surface area contributed by atoms with E-state index < -0.39 is 5.97 Å². The molecule has 2 N–H and O–H groups in total. The Labute approximate surface area is 161 Å². The van der Waals surface area contributed by atoms with Gasteiger partial charge in [0.2, 0.25) is 0 Å². The Morgan fingerprint density at radius 1 is 0.962 bits per heavy atom. The maximum atomic E-state index is 11.4. The van der Waals surface area contributed by atoms with Crippen molar-refractivity contribution in [2.45, 2.75) is 6.61 Å². The van der Waals surface area contributed by atoms with Gasteiger partial charge in [-0.25, -0.2) is 4.79 Å². The summed E-state index contributed by atoms with van der Waals surface area (Å²) in [7, 11) is 0. The first-order valence-corrected chi connectivity index (χ1v) is 8.56. The Morgan fingerprint density at radius 3 is 2.38 bits per heavy atom. The van der Waals surface area contributed by atoms with E-state index in [9.17, 15) is 9.90 Å². The van der Waals surface area contributed by atoms with Gasteiger partial charge in [-0.05, 0) is 29.8 Å². The maximum Gasteiger partial charge on any atom is 0.337 e. The molecule has 0 unspecified atom stereocenters. The van der Waals surface area contributed by atoms with E-state index in [1.54, 1.807) is 30.3 Å². The monoisotopic (exact) mass is 387 g/mol. The molecule has 0 saturated carbocycles. The van der Waals surface area contributed by atoms with Crippen molar-refractivity contribution >= 4 is 40.5 Å². The van der Waals surface area contributed by atoms with E-state index in [-0.39, 0.29) is 10.6 Å². The van der Waals surface area contributed by atoms with Gasteiger partial charge in [0.15, 0.2) is 0 Å². The van der Waals surface area contributed by atoms with Crippen LogP contribution in [0.15, 0.2) is 66.7 Å². The molecule has 3 aromatic rings. The number of rotatable bonds is 6. The van der Waals surface area contributed by atoms with Crippen LogP contribution < -0.4 is 10.1 Å². The molecule has 132 valence electrons. The number of halogens is 2. The number of carbonyl (C=O) groups is 1. The molecular weight excluding hydrogens is 373 g/mol. The van der Waals surface area contributed by atoms with Crippen LogP contribution in [0, 0.1) is 0 Å². The zero-order valence-electron chi connectivity index (χ0n) is 13.6. The molecule has 6 heteroatoms. The molecule has 3 aromatic carbocycles. The predicted octanol–water partition coefficient (Wildman–Crippen LogP) is 6.01. The van der Waals surface area contributed by atoms with Crippen molar-refractivity contribution in [3.63, 3.8) is 0 Å². The standard InChI is InChI=1S/C20H15Cl2NO3/c21-15-10-11-17(26-12-13-6-2-1-3-7-13)18(22)19(15)23-16-9-5-4-8-14(16)20(24)25/h1-11,23H,12H2,(H,24,25). The Morgan fingerprint density at radius 2 is 1.65 bits per heavy atom. The van der Waals surface area contributed by atoms with Crippen molar-refractivity contribution in [3.8, 4) is 5.75 Å². The van der Waals surface area contributed by atoms with E-state index in [2.05, 4.69) is 5.32 Å². The lowest BCUT2D eigenvalue weighted by molar-refractivity contribution is 0.0698. The average Bonchev–Trinajstić information content (AvgIpc) is 2.65. The second-order valence-corrected chi connectivity index (χ2v) is 6.27. The summed E-state index contributed by atoms with van der Waals surface area (Å²) in [5.74, 6) is -0.591. The van der Waals surface area contributed by atoms with Gasteiger partial charge in [-0.15, -0.1) is 0 Å². The second-order valence-electron chi connectivity index (χ2n) is 5.48. The highest BCUT2D eigenvalue weighted by Gasteiger charge is 2.15. The van der Waals surface area contributed by atoms with E-state index in [1.807, 2.05) is 30.3 Å². The quantitative estimate of drug-likeness (QED) is 0.543. The van der Waals surface area contributed by atoms with Crippen molar-refractivity contribution in [2.24, 2.45) is 0 Å². The summed E-state index contributed by atoms with van der Waals surface area (Å²) in [5, 5.41) is 13.0. The lowest BCUT2D eigenvalue weighted by atomic mass is 10.1. The molecule has 0 heterocycles. The minimum absolute atomic E-state index is 0.121. The number of benzene rings is 3. The molecule has 0 aliphatic carbocycles. The summed E-state index contributed by atoms with van der Waals surface area (Å²) in [6, 6.07) is 19.6. The molecule has 0 saturated heterocycles. The lowest BCUT2D eigenvalue weighted by Crippen LogP contribution is -2.03. The van der Waals surface area contributed by atoms with Crippen LogP contribution in [0.5, 0.6) is 5.75 Å². The molecule has 0 spiro atoms. The highest BCUT2D eigenvalue weighted by molar-refractivity contribution is 6.40. The van der Waals surface area contributed by atoms with E-state index in [0.29, 0.717) is 28.8 Å². The Hall–Kier alpha value is -2.69. The Balaban J connectivity index is 1.87. The van der Waals surface area contributed by atoms with Gasteiger partial charge in [0, 0.05) is 0 Å². The third-order valence-electron chi connectivity index (χ3n) is 3.71. The van der Waals surface area contributed by atoms with Crippen LogP contribution in [0.4, 0.5) is 11.4 Å². The van der Waals surface area contributed by atoms with Crippen LogP contribution in [0.2, 0.25) is 10.0 Å². The van der Waals surface area contributed by atoms with Crippen molar-refractivity contribution < 1.29 is 14.6 Å². The summed E-state index contributed by atoms with van der Waals surface area (Å²) < 4.78 is 5.79. The van der Waals surface area contributed by atoms with Crippen LogP contribution in [0.25, 0.3) is 0 Å². The van der Waals surface area contributed by atoms with Crippen LogP contribution in [0.3, 0.4) is 0 Å². The molecule has 4 nitrogen and oxygen atoms in total. The van der Waals surface area contributed by atoms with Gasteiger partial charge in [-0.1, -0.05) is 65.7 Å². The number of ether oxygens (including phenoxy) is 1. The third-order valence-corrected chi connectivity index (χ3v) is 4.40. The predicted molar refractivity (Wildman–Crippen MR) is 104 cm³/mol. The molecule has 0 radical (unpaired) electrons. The fraction of sp³-hybridized carbons (Fsp3) is 0.0500. The zero-order valence-corrected chi connectivity index (χ0v) is 15.1. The van der Waals surface area contributed by atoms with Crippen LogP contribution in [0.1, 0.15) is 15.9 Å². The molecule has 0 aliphatic heterocycles. The fourth-order valence-corrected chi connectivity index (χ4v) is 2.93. The number of carboxylic acid groups (broad SMARTS) is 1. The zero-order chi connectivity index (χ0) is 18.5. The summed E-state index contributed by atoms with van der Waals surface area (Å²) in [4.78, 5) is 11.4. The van der Waals surface area contributed by atoms with E-state index >= 15 is 0 Å². The number of nitrogens with one attached hydrogen (secondary N) is 1. The van der Waals surface area contributed by atoms with E-state index in [4.69, 9.17) is 27.9 Å². The first-order chi connectivity index (χ1) is 12.6.